The lowest BCUT2D eigenvalue weighted by atomic mass is 9.90. The van der Waals surface area contributed by atoms with Gasteiger partial charge in [0, 0.05) is 6.07 Å². The van der Waals surface area contributed by atoms with E-state index in [2.05, 4.69) is 0 Å². The fraction of sp³-hybridized carbons (Fsp3) is 0.538. The molecule has 16 heavy (non-hydrogen) atoms. The minimum Gasteiger partial charge on any atom is -0.506 e. The van der Waals surface area contributed by atoms with Crippen LogP contribution in [0.25, 0.3) is 0 Å². The zero-order valence-electron chi connectivity index (χ0n) is 9.29. The first kappa shape index (κ1) is 11.6. The minimum atomic E-state index is 0.103. The SMILES string of the molecule is Oc1ccc(OCC2CCCCC2)cc1Cl. The first-order valence-electron chi connectivity index (χ1n) is 5.87. The molecule has 1 N–H and O–H groups in total. The summed E-state index contributed by atoms with van der Waals surface area (Å²) in [6.45, 7) is 0.765. The number of benzene rings is 1. The van der Waals surface area contributed by atoms with Gasteiger partial charge in [0.1, 0.15) is 11.5 Å². The molecular weight excluding hydrogens is 224 g/mol. The Balaban J connectivity index is 1.86. The highest BCUT2D eigenvalue weighted by molar-refractivity contribution is 6.32. The topological polar surface area (TPSA) is 29.5 Å². The van der Waals surface area contributed by atoms with Crippen molar-refractivity contribution in [2.45, 2.75) is 32.1 Å². The summed E-state index contributed by atoms with van der Waals surface area (Å²) in [5.41, 5.74) is 0. The molecule has 2 rings (SSSR count). The number of phenols is 1. The van der Waals surface area contributed by atoms with Crippen LogP contribution in [0.1, 0.15) is 32.1 Å². The molecule has 1 aromatic rings. The highest BCUT2D eigenvalue weighted by atomic mass is 35.5. The van der Waals surface area contributed by atoms with Crippen molar-refractivity contribution >= 4 is 11.6 Å². The summed E-state index contributed by atoms with van der Waals surface area (Å²) in [5, 5.41) is 9.62. The zero-order chi connectivity index (χ0) is 11.4. The molecule has 1 aromatic carbocycles. The predicted molar refractivity (Wildman–Crippen MR) is 65.2 cm³/mol. The Labute approximate surface area is 101 Å². The second kappa shape index (κ2) is 5.44. The number of rotatable bonds is 3. The maximum Gasteiger partial charge on any atom is 0.134 e. The Morgan fingerprint density at radius 1 is 1.25 bits per heavy atom. The lowest BCUT2D eigenvalue weighted by molar-refractivity contribution is 0.208. The molecule has 0 saturated heterocycles. The molecule has 0 aromatic heterocycles. The van der Waals surface area contributed by atoms with Gasteiger partial charge >= 0.3 is 0 Å². The number of phenolic OH excluding ortho intramolecular Hbond substituents is 1. The second-order valence-corrected chi connectivity index (χ2v) is 4.84. The Hall–Kier alpha value is -0.890. The molecular formula is C13H17ClO2. The van der Waals surface area contributed by atoms with Gasteiger partial charge in [-0.1, -0.05) is 30.9 Å². The van der Waals surface area contributed by atoms with Crippen LogP contribution in [0.2, 0.25) is 5.02 Å². The maximum absolute atomic E-state index is 9.27. The minimum absolute atomic E-state index is 0.103. The summed E-state index contributed by atoms with van der Waals surface area (Å²) >= 11 is 5.81. The average Bonchev–Trinajstić information content (AvgIpc) is 2.32. The molecule has 0 unspecified atom stereocenters. The van der Waals surface area contributed by atoms with Gasteiger partial charge in [-0.15, -0.1) is 0 Å². The number of hydrogen-bond donors (Lipinski definition) is 1. The lowest BCUT2D eigenvalue weighted by Crippen LogP contribution is -2.15. The Bertz CT molecular complexity index is 346. The van der Waals surface area contributed by atoms with E-state index in [1.165, 1.54) is 32.1 Å². The summed E-state index contributed by atoms with van der Waals surface area (Å²) in [7, 11) is 0. The highest BCUT2D eigenvalue weighted by Gasteiger charge is 2.14. The lowest BCUT2D eigenvalue weighted by Gasteiger charge is -2.21. The molecule has 1 aliphatic carbocycles. The fourth-order valence-corrected chi connectivity index (χ4v) is 2.32. The van der Waals surface area contributed by atoms with Crippen LogP contribution < -0.4 is 4.74 Å². The molecule has 3 heteroatoms. The van der Waals surface area contributed by atoms with Crippen molar-refractivity contribution in [3.8, 4) is 11.5 Å². The third-order valence-corrected chi connectivity index (χ3v) is 3.43. The summed E-state index contributed by atoms with van der Waals surface area (Å²) < 4.78 is 5.69. The number of halogens is 1. The molecule has 0 amide bonds. The third kappa shape index (κ3) is 3.05. The van der Waals surface area contributed by atoms with Crippen LogP contribution >= 0.6 is 11.6 Å². The fourth-order valence-electron chi connectivity index (χ4n) is 2.15. The number of aromatic hydroxyl groups is 1. The van der Waals surface area contributed by atoms with Crippen LogP contribution in [0.5, 0.6) is 11.5 Å². The van der Waals surface area contributed by atoms with E-state index in [9.17, 15) is 5.11 Å². The van der Waals surface area contributed by atoms with Crippen molar-refractivity contribution in [1.82, 2.24) is 0 Å². The molecule has 0 bridgehead atoms. The normalized spacial score (nSPS) is 17.3. The van der Waals surface area contributed by atoms with Crippen molar-refractivity contribution in [2.75, 3.05) is 6.61 Å². The van der Waals surface area contributed by atoms with E-state index in [1.54, 1.807) is 18.2 Å². The molecule has 0 aliphatic heterocycles. The molecule has 1 saturated carbocycles. The van der Waals surface area contributed by atoms with Crippen LogP contribution in [0.3, 0.4) is 0 Å². The van der Waals surface area contributed by atoms with Crippen molar-refractivity contribution < 1.29 is 9.84 Å². The first-order chi connectivity index (χ1) is 7.75. The Morgan fingerprint density at radius 3 is 2.69 bits per heavy atom. The van der Waals surface area contributed by atoms with Crippen LogP contribution in [-0.4, -0.2) is 11.7 Å². The van der Waals surface area contributed by atoms with Crippen LogP contribution in [0, 0.1) is 5.92 Å². The van der Waals surface area contributed by atoms with Gasteiger partial charge in [-0.3, -0.25) is 0 Å². The molecule has 0 spiro atoms. The molecule has 1 aliphatic rings. The van der Waals surface area contributed by atoms with Gasteiger partial charge in [0.25, 0.3) is 0 Å². The quantitative estimate of drug-likeness (QED) is 0.865. The van der Waals surface area contributed by atoms with Crippen LogP contribution in [0.4, 0.5) is 0 Å². The van der Waals surface area contributed by atoms with E-state index in [-0.39, 0.29) is 5.75 Å². The van der Waals surface area contributed by atoms with Crippen LogP contribution in [0.15, 0.2) is 18.2 Å². The zero-order valence-corrected chi connectivity index (χ0v) is 10.0. The van der Waals surface area contributed by atoms with Gasteiger partial charge in [0.15, 0.2) is 0 Å². The third-order valence-electron chi connectivity index (χ3n) is 3.13. The molecule has 2 nitrogen and oxygen atoms in total. The Kier molecular flexibility index (Phi) is 3.94. The van der Waals surface area contributed by atoms with E-state index in [1.807, 2.05) is 0 Å². The molecule has 88 valence electrons. The van der Waals surface area contributed by atoms with Gasteiger partial charge in [-0.05, 0) is 30.9 Å². The van der Waals surface area contributed by atoms with Gasteiger partial charge in [-0.2, -0.15) is 0 Å². The summed E-state index contributed by atoms with van der Waals surface area (Å²) in [6.07, 6.45) is 6.55. The largest absolute Gasteiger partial charge is 0.506 e. The van der Waals surface area contributed by atoms with Crippen molar-refractivity contribution in [3.63, 3.8) is 0 Å². The highest BCUT2D eigenvalue weighted by Crippen LogP contribution is 2.29. The average molecular weight is 241 g/mol. The maximum atomic E-state index is 9.27. The van der Waals surface area contributed by atoms with E-state index in [4.69, 9.17) is 16.3 Å². The summed E-state index contributed by atoms with van der Waals surface area (Å²) in [4.78, 5) is 0. The molecule has 0 heterocycles. The van der Waals surface area contributed by atoms with Crippen LogP contribution in [-0.2, 0) is 0 Å². The molecule has 0 radical (unpaired) electrons. The van der Waals surface area contributed by atoms with Gasteiger partial charge in [0.05, 0.1) is 11.6 Å². The Morgan fingerprint density at radius 2 is 2.00 bits per heavy atom. The van der Waals surface area contributed by atoms with Gasteiger partial charge in [0.2, 0.25) is 0 Å². The predicted octanol–water partition coefficient (Wildman–Crippen LogP) is 4.00. The molecule has 1 fully saturated rings. The van der Waals surface area contributed by atoms with E-state index < -0.39 is 0 Å². The van der Waals surface area contributed by atoms with Crippen molar-refractivity contribution in [1.29, 1.82) is 0 Å². The number of hydrogen-bond acceptors (Lipinski definition) is 2. The van der Waals surface area contributed by atoms with Crippen molar-refractivity contribution in [2.24, 2.45) is 5.92 Å². The standard InChI is InChI=1S/C13H17ClO2/c14-12-8-11(6-7-13(12)15)16-9-10-4-2-1-3-5-10/h6-8,10,15H,1-5,9H2. The monoisotopic (exact) mass is 240 g/mol. The van der Waals surface area contributed by atoms with Gasteiger partial charge in [-0.25, -0.2) is 0 Å². The smallest absolute Gasteiger partial charge is 0.134 e. The van der Waals surface area contributed by atoms with Gasteiger partial charge < -0.3 is 9.84 Å². The summed E-state index contributed by atoms with van der Waals surface area (Å²) in [5.74, 6) is 1.53. The second-order valence-electron chi connectivity index (χ2n) is 4.43. The van der Waals surface area contributed by atoms with E-state index in [0.29, 0.717) is 10.9 Å². The number of ether oxygens (including phenoxy) is 1. The van der Waals surface area contributed by atoms with E-state index >= 15 is 0 Å². The first-order valence-corrected chi connectivity index (χ1v) is 6.25. The van der Waals surface area contributed by atoms with Crippen molar-refractivity contribution in [3.05, 3.63) is 23.2 Å². The van der Waals surface area contributed by atoms with E-state index in [0.717, 1.165) is 12.4 Å². The summed E-state index contributed by atoms with van der Waals surface area (Å²) in [6, 6.07) is 4.99. The molecule has 0 atom stereocenters.